The lowest BCUT2D eigenvalue weighted by Gasteiger charge is -2.34. The molecule has 0 aliphatic carbocycles. The van der Waals surface area contributed by atoms with E-state index in [9.17, 15) is 13.2 Å². The van der Waals surface area contributed by atoms with Crippen molar-refractivity contribution in [2.24, 2.45) is 5.92 Å². The SMILES string of the molecule is O=C(NCc1nnn2c1COC1(CCN(S(=O)(=O)Cc3ccccc3)C1)C2)C1CCOCC1. The number of hydrogen-bond donors (Lipinski definition) is 1. The number of sulfonamides is 1. The van der Waals surface area contributed by atoms with Crippen molar-refractivity contribution in [2.75, 3.05) is 26.3 Å². The van der Waals surface area contributed by atoms with E-state index >= 15 is 0 Å². The fraction of sp³-hybridized carbons (Fsp3) is 0.591. The second kappa shape index (κ2) is 9.13. The van der Waals surface area contributed by atoms with Crippen LogP contribution < -0.4 is 5.32 Å². The Bertz CT molecular complexity index is 1100. The largest absolute Gasteiger partial charge is 0.381 e. The maximum atomic E-state index is 12.9. The van der Waals surface area contributed by atoms with E-state index in [4.69, 9.17) is 9.47 Å². The van der Waals surface area contributed by atoms with E-state index in [1.165, 1.54) is 4.31 Å². The Kier molecular flexibility index (Phi) is 6.21. The van der Waals surface area contributed by atoms with Crippen LogP contribution in [0.1, 0.15) is 36.2 Å². The topological polar surface area (TPSA) is 116 Å². The molecule has 4 heterocycles. The van der Waals surface area contributed by atoms with Gasteiger partial charge in [0.15, 0.2) is 0 Å². The molecule has 1 N–H and O–H groups in total. The lowest BCUT2D eigenvalue weighted by molar-refractivity contribution is -0.128. The highest BCUT2D eigenvalue weighted by molar-refractivity contribution is 7.88. The third kappa shape index (κ3) is 4.81. The molecule has 3 aliphatic heterocycles. The van der Waals surface area contributed by atoms with Gasteiger partial charge in [-0.05, 0) is 24.8 Å². The minimum absolute atomic E-state index is 0.0169. The second-order valence-corrected chi connectivity index (χ2v) is 11.0. The molecule has 2 aromatic rings. The summed E-state index contributed by atoms with van der Waals surface area (Å²) in [6.45, 7) is 3.01. The quantitative estimate of drug-likeness (QED) is 0.658. The van der Waals surface area contributed by atoms with Crippen LogP contribution in [0.3, 0.4) is 0 Å². The molecule has 11 heteroatoms. The van der Waals surface area contributed by atoms with Gasteiger partial charge in [0.1, 0.15) is 11.3 Å². The molecule has 1 amide bonds. The molecule has 1 aromatic heterocycles. The van der Waals surface area contributed by atoms with Crippen LogP contribution >= 0.6 is 0 Å². The van der Waals surface area contributed by atoms with Gasteiger partial charge in [0.2, 0.25) is 15.9 Å². The molecule has 33 heavy (non-hydrogen) atoms. The van der Waals surface area contributed by atoms with Crippen LogP contribution in [-0.4, -0.2) is 65.5 Å². The van der Waals surface area contributed by atoms with Crippen molar-refractivity contribution in [2.45, 2.75) is 50.3 Å². The lowest BCUT2D eigenvalue weighted by Crippen LogP contribution is -2.45. The van der Waals surface area contributed by atoms with Crippen LogP contribution in [-0.2, 0) is 49.7 Å². The average molecular weight is 476 g/mol. The lowest BCUT2D eigenvalue weighted by atomic mass is 9.99. The van der Waals surface area contributed by atoms with Gasteiger partial charge < -0.3 is 14.8 Å². The van der Waals surface area contributed by atoms with Gasteiger partial charge in [-0.2, -0.15) is 4.31 Å². The number of rotatable bonds is 6. The first-order valence-corrected chi connectivity index (χ1v) is 13.0. The van der Waals surface area contributed by atoms with Crippen molar-refractivity contribution >= 4 is 15.9 Å². The van der Waals surface area contributed by atoms with E-state index in [2.05, 4.69) is 15.6 Å². The summed E-state index contributed by atoms with van der Waals surface area (Å²) in [4.78, 5) is 12.4. The summed E-state index contributed by atoms with van der Waals surface area (Å²) in [7, 11) is -3.44. The van der Waals surface area contributed by atoms with E-state index in [1.54, 1.807) is 4.68 Å². The first-order valence-electron chi connectivity index (χ1n) is 11.4. The molecular weight excluding hydrogens is 446 g/mol. The van der Waals surface area contributed by atoms with Crippen molar-refractivity contribution < 1.29 is 22.7 Å². The Morgan fingerprint density at radius 1 is 1.18 bits per heavy atom. The molecular formula is C22H29N5O5S. The van der Waals surface area contributed by atoms with Gasteiger partial charge in [0.25, 0.3) is 0 Å². The summed E-state index contributed by atoms with van der Waals surface area (Å²) in [5, 5.41) is 11.5. The van der Waals surface area contributed by atoms with Gasteiger partial charge in [-0.1, -0.05) is 35.5 Å². The number of carbonyl (C=O) groups excluding carboxylic acids is 1. The second-order valence-electron chi connectivity index (χ2n) is 9.04. The highest BCUT2D eigenvalue weighted by atomic mass is 32.2. The van der Waals surface area contributed by atoms with E-state index in [0.717, 1.165) is 24.1 Å². The molecule has 178 valence electrons. The summed E-state index contributed by atoms with van der Waals surface area (Å²) in [5.74, 6) is -0.0228. The molecule has 3 aliphatic rings. The summed E-state index contributed by atoms with van der Waals surface area (Å²) in [5.41, 5.74) is 1.69. The summed E-state index contributed by atoms with van der Waals surface area (Å²) in [6, 6.07) is 9.21. The normalized spacial score (nSPS) is 24.1. The van der Waals surface area contributed by atoms with E-state index in [0.29, 0.717) is 58.1 Å². The van der Waals surface area contributed by atoms with Crippen molar-refractivity contribution in [3.8, 4) is 0 Å². The molecule has 0 bridgehead atoms. The zero-order chi connectivity index (χ0) is 22.9. The fourth-order valence-corrected chi connectivity index (χ4v) is 6.37. The molecule has 0 radical (unpaired) electrons. The number of ether oxygens (including phenoxy) is 2. The predicted molar refractivity (Wildman–Crippen MR) is 118 cm³/mol. The van der Waals surface area contributed by atoms with E-state index in [-0.39, 0.29) is 17.6 Å². The minimum Gasteiger partial charge on any atom is -0.381 e. The number of nitrogens with one attached hydrogen (secondary N) is 1. The number of fused-ring (bicyclic) bond motifs is 1. The Hall–Kier alpha value is -2.34. The first-order chi connectivity index (χ1) is 15.9. The molecule has 1 atom stereocenters. The van der Waals surface area contributed by atoms with Crippen LogP contribution in [0, 0.1) is 5.92 Å². The van der Waals surface area contributed by atoms with Gasteiger partial charge >= 0.3 is 0 Å². The number of benzene rings is 1. The predicted octanol–water partition coefficient (Wildman–Crippen LogP) is 0.826. The van der Waals surface area contributed by atoms with Gasteiger partial charge in [0.05, 0.1) is 31.1 Å². The summed E-state index contributed by atoms with van der Waals surface area (Å²) in [6.07, 6.45) is 2.08. The molecule has 1 unspecified atom stereocenters. The van der Waals surface area contributed by atoms with Crippen LogP contribution in [0.5, 0.6) is 0 Å². The monoisotopic (exact) mass is 475 g/mol. The Morgan fingerprint density at radius 2 is 1.97 bits per heavy atom. The van der Waals surface area contributed by atoms with Crippen molar-refractivity contribution in [3.05, 3.63) is 47.3 Å². The van der Waals surface area contributed by atoms with Crippen LogP contribution in [0.4, 0.5) is 0 Å². The van der Waals surface area contributed by atoms with Gasteiger partial charge in [-0.3, -0.25) is 4.79 Å². The molecule has 2 saturated heterocycles. The van der Waals surface area contributed by atoms with Crippen LogP contribution in [0.25, 0.3) is 0 Å². The fourth-order valence-electron chi connectivity index (χ4n) is 4.77. The number of nitrogens with zero attached hydrogens (tertiary/aromatic N) is 4. The Balaban J connectivity index is 1.20. The smallest absolute Gasteiger partial charge is 0.223 e. The number of aromatic nitrogens is 3. The zero-order valence-corrected chi connectivity index (χ0v) is 19.3. The highest BCUT2D eigenvalue weighted by Crippen LogP contribution is 2.34. The van der Waals surface area contributed by atoms with Crippen molar-refractivity contribution in [1.82, 2.24) is 24.6 Å². The standard InChI is InChI=1S/C22H29N5O5S/c28-21(18-6-10-31-11-7-18)23-12-19-20-13-32-22(16-27(20)25-24-19)8-9-26(15-22)33(29,30)14-17-4-2-1-3-5-17/h1-5,18H,6-16H2,(H,23,28). The number of amides is 1. The van der Waals surface area contributed by atoms with Crippen molar-refractivity contribution in [3.63, 3.8) is 0 Å². The minimum atomic E-state index is -3.44. The van der Waals surface area contributed by atoms with Crippen molar-refractivity contribution in [1.29, 1.82) is 0 Å². The number of carbonyl (C=O) groups is 1. The molecule has 0 saturated carbocycles. The number of hydrogen-bond acceptors (Lipinski definition) is 7. The Labute approximate surface area is 193 Å². The highest BCUT2D eigenvalue weighted by Gasteiger charge is 2.46. The maximum absolute atomic E-state index is 12.9. The third-order valence-corrected chi connectivity index (χ3v) is 8.56. The third-order valence-electron chi connectivity index (χ3n) is 6.76. The molecule has 1 aromatic carbocycles. The van der Waals surface area contributed by atoms with Crippen LogP contribution in [0.15, 0.2) is 30.3 Å². The first kappa shape index (κ1) is 22.5. The molecule has 1 spiro atoms. The zero-order valence-electron chi connectivity index (χ0n) is 18.5. The summed E-state index contributed by atoms with van der Waals surface area (Å²) < 4.78 is 40.7. The van der Waals surface area contributed by atoms with E-state index < -0.39 is 15.6 Å². The molecule has 2 fully saturated rings. The average Bonchev–Trinajstić information content (AvgIpc) is 3.43. The van der Waals surface area contributed by atoms with Gasteiger partial charge in [-0.15, -0.1) is 5.10 Å². The van der Waals surface area contributed by atoms with E-state index in [1.807, 2.05) is 30.3 Å². The van der Waals surface area contributed by atoms with Crippen LogP contribution in [0.2, 0.25) is 0 Å². The van der Waals surface area contributed by atoms with Gasteiger partial charge in [-0.25, -0.2) is 13.1 Å². The summed E-state index contributed by atoms with van der Waals surface area (Å²) >= 11 is 0. The Morgan fingerprint density at radius 3 is 2.76 bits per heavy atom. The maximum Gasteiger partial charge on any atom is 0.223 e. The molecule has 10 nitrogen and oxygen atoms in total. The molecule has 5 rings (SSSR count). The van der Waals surface area contributed by atoms with Gasteiger partial charge in [0, 0.05) is 32.2 Å².